The summed E-state index contributed by atoms with van der Waals surface area (Å²) < 4.78 is 40.4. The zero-order valence-corrected chi connectivity index (χ0v) is 11.5. The van der Waals surface area contributed by atoms with Crippen LogP contribution in [0.25, 0.3) is 0 Å². The minimum absolute atomic E-state index is 0.0523. The summed E-state index contributed by atoms with van der Waals surface area (Å²) in [5.74, 6) is -0.0757. The lowest BCUT2D eigenvalue weighted by Crippen LogP contribution is -2.29. The van der Waals surface area contributed by atoms with Gasteiger partial charge in [0.25, 0.3) is 0 Å². The molecule has 1 heterocycles. The number of nitrogens with one attached hydrogen (secondary N) is 1. The van der Waals surface area contributed by atoms with E-state index in [-0.39, 0.29) is 17.9 Å². The number of nitrogens with zero attached hydrogens (tertiary/aromatic N) is 1. The van der Waals surface area contributed by atoms with Crippen LogP contribution in [0.3, 0.4) is 0 Å². The van der Waals surface area contributed by atoms with E-state index in [1.54, 1.807) is 6.07 Å². The van der Waals surface area contributed by atoms with Crippen molar-refractivity contribution in [3.63, 3.8) is 0 Å². The Kier molecular flexibility index (Phi) is 5.62. The third-order valence-corrected chi connectivity index (χ3v) is 3.07. The lowest BCUT2D eigenvalue weighted by Gasteiger charge is -2.26. The number of ether oxygens (including phenoxy) is 1. The molecule has 0 amide bonds. The molecule has 0 radical (unpaired) electrons. The highest BCUT2D eigenvalue weighted by molar-refractivity contribution is 5.42. The third kappa shape index (κ3) is 5.64. The molecule has 0 spiro atoms. The number of hydrogen-bond acceptors (Lipinski definition) is 4. The number of alkyl halides is 3. The number of rotatable bonds is 7. The van der Waals surface area contributed by atoms with Gasteiger partial charge in [-0.05, 0) is 12.5 Å². The molecule has 0 saturated carbocycles. The maximum Gasteiger partial charge on any atom is 0.422 e. The van der Waals surface area contributed by atoms with Crippen LogP contribution in [-0.4, -0.2) is 36.0 Å². The number of aliphatic hydroxyl groups is 1. The fourth-order valence-corrected chi connectivity index (χ4v) is 1.33. The van der Waals surface area contributed by atoms with Gasteiger partial charge in [-0.2, -0.15) is 13.2 Å². The van der Waals surface area contributed by atoms with Gasteiger partial charge in [0.05, 0.1) is 18.5 Å². The predicted molar refractivity (Wildman–Crippen MR) is 69.8 cm³/mol. The maximum absolute atomic E-state index is 12.0. The van der Waals surface area contributed by atoms with Gasteiger partial charge in [0.15, 0.2) is 6.61 Å². The monoisotopic (exact) mass is 292 g/mol. The van der Waals surface area contributed by atoms with Crippen LogP contribution in [0.15, 0.2) is 18.3 Å². The Bertz CT molecular complexity index is 403. The molecule has 1 rings (SSSR count). The lowest BCUT2D eigenvalue weighted by molar-refractivity contribution is -0.154. The molecule has 1 unspecified atom stereocenters. The van der Waals surface area contributed by atoms with Crippen molar-refractivity contribution < 1.29 is 23.0 Å². The van der Waals surface area contributed by atoms with Gasteiger partial charge in [0.1, 0.15) is 0 Å². The second-order valence-corrected chi connectivity index (χ2v) is 4.96. The average molecular weight is 292 g/mol. The van der Waals surface area contributed by atoms with Crippen LogP contribution in [0.4, 0.5) is 18.9 Å². The second kappa shape index (κ2) is 6.78. The van der Waals surface area contributed by atoms with Gasteiger partial charge in [-0.3, -0.25) is 0 Å². The zero-order chi connectivity index (χ0) is 15.2. The lowest BCUT2D eigenvalue weighted by atomic mass is 9.88. The molecular weight excluding hydrogens is 273 g/mol. The zero-order valence-electron chi connectivity index (χ0n) is 11.5. The Hall–Kier alpha value is -1.50. The number of aromatic nitrogens is 1. The average Bonchev–Trinajstić information content (AvgIpc) is 2.43. The normalized spacial score (nSPS) is 14.7. The van der Waals surface area contributed by atoms with Crippen LogP contribution in [0.2, 0.25) is 0 Å². The van der Waals surface area contributed by atoms with E-state index in [1.807, 2.05) is 13.8 Å². The first-order chi connectivity index (χ1) is 9.28. The van der Waals surface area contributed by atoms with Crippen LogP contribution in [-0.2, 0) is 0 Å². The van der Waals surface area contributed by atoms with Crippen molar-refractivity contribution in [3.8, 4) is 5.88 Å². The van der Waals surface area contributed by atoms with Gasteiger partial charge in [-0.15, -0.1) is 0 Å². The highest BCUT2D eigenvalue weighted by Gasteiger charge is 2.28. The minimum Gasteiger partial charge on any atom is -0.468 e. The van der Waals surface area contributed by atoms with Crippen molar-refractivity contribution in [2.45, 2.75) is 26.4 Å². The molecule has 114 valence electrons. The van der Waals surface area contributed by atoms with Crippen LogP contribution in [0, 0.1) is 5.41 Å². The van der Waals surface area contributed by atoms with Crippen molar-refractivity contribution in [2.75, 3.05) is 25.1 Å². The summed E-state index contributed by atoms with van der Waals surface area (Å²) in [5.41, 5.74) is 0.420. The number of aliphatic hydroxyl groups excluding tert-OH is 1. The summed E-state index contributed by atoms with van der Waals surface area (Å²) in [7, 11) is 0. The Morgan fingerprint density at radius 2 is 2.05 bits per heavy atom. The summed E-state index contributed by atoms with van der Waals surface area (Å²) in [6, 6.07) is 2.96. The third-order valence-electron chi connectivity index (χ3n) is 3.07. The summed E-state index contributed by atoms with van der Waals surface area (Å²) in [6.07, 6.45) is -2.17. The largest absolute Gasteiger partial charge is 0.468 e. The molecule has 0 saturated heterocycles. The molecule has 1 aromatic rings. The van der Waals surface area contributed by atoms with Gasteiger partial charge in [0.2, 0.25) is 5.88 Å². The highest BCUT2D eigenvalue weighted by Crippen LogP contribution is 2.22. The second-order valence-electron chi connectivity index (χ2n) is 4.96. The molecule has 4 nitrogen and oxygen atoms in total. The molecule has 0 bridgehead atoms. The standard InChI is InChI=1S/C13H19F3N2O2/c1-3-12(2,8-19)7-18-10-4-5-11(17-6-10)20-9-13(14,15)16/h4-6,18-19H,3,7-9H2,1-2H3. The van der Waals surface area contributed by atoms with Crippen LogP contribution in [0.5, 0.6) is 5.88 Å². The fraction of sp³-hybridized carbons (Fsp3) is 0.615. The molecule has 1 atom stereocenters. The summed E-state index contributed by atoms with van der Waals surface area (Å²) in [5, 5.41) is 12.4. The van der Waals surface area contributed by atoms with E-state index in [9.17, 15) is 18.3 Å². The molecule has 0 aliphatic heterocycles. The van der Waals surface area contributed by atoms with Crippen LogP contribution >= 0.6 is 0 Å². The molecule has 1 aromatic heterocycles. The molecule has 20 heavy (non-hydrogen) atoms. The molecule has 0 aliphatic rings. The van der Waals surface area contributed by atoms with Gasteiger partial charge < -0.3 is 15.2 Å². The highest BCUT2D eigenvalue weighted by atomic mass is 19.4. The molecule has 0 aliphatic carbocycles. The van der Waals surface area contributed by atoms with Gasteiger partial charge in [0, 0.05) is 18.0 Å². The Morgan fingerprint density at radius 3 is 2.50 bits per heavy atom. The quantitative estimate of drug-likeness (QED) is 0.811. The topological polar surface area (TPSA) is 54.4 Å². The first-order valence-corrected chi connectivity index (χ1v) is 6.28. The molecule has 2 N–H and O–H groups in total. The van der Waals surface area contributed by atoms with E-state index in [0.717, 1.165) is 6.42 Å². The smallest absolute Gasteiger partial charge is 0.422 e. The van der Waals surface area contributed by atoms with Crippen molar-refractivity contribution in [1.82, 2.24) is 4.98 Å². The first kappa shape index (κ1) is 16.6. The maximum atomic E-state index is 12.0. The molecular formula is C13H19F3N2O2. The predicted octanol–water partition coefficient (Wildman–Crippen LogP) is 2.84. The first-order valence-electron chi connectivity index (χ1n) is 6.28. The van der Waals surface area contributed by atoms with Crippen LogP contribution < -0.4 is 10.1 Å². The minimum atomic E-state index is -4.37. The number of halogens is 3. The van der Waals surface area contributed by atoms with Crippen LogP contribution in [0.1, 0.15) is 20.3 Å². The van der Waals surface area contributed by atoms with E-state index in [1.165, 1.54) is 12.3 Å². The van der Waals surface area contributed by atoms with Gasteiger partial charge >= 0.3 is 6.18 Å². The van der Waals surface area contributed by atoms with Gasteiger partial charge in [-0.1, -0.05) is 13.8 Å². The van der Waals surface area contributed by atoms with E-state index < -0.39 is 12.8 Å². The molecule has 0 fully saturated rings. The van der Waals surface area contributed by atoms with Crippen molar-refractivity contribution in [2.24, 2.45) is 5.41 Å². The fourth-order valence-electron chi connectivity index (χ4n) is 1.33. The number of hydrogen-bond donors (Lipinski definition) is 2. The van der Waals surface area contributed by atoms with Crippen molar-refractivity contribution >= 4 is 5.69 Å². The Balaban J connectivity index is 2.50. The van der Waals surface area contributed by atoms with E-state index in [4.69, 9.17) is 0 Å². The number of anilines is 1. The van der Waals surface area contributed by atoms with Crippen molar-refractivity contribution in [1.29, 1.82) is 0 Å². The molecule has 7 heteroatoms. The van der Waals surface area contributed by atoms with E-state index in [2.05, 4.69) is 15.0 Å². The van der Waals surface area contributed by atoms with Gasteiger partial charge in [-0.25, -0.2) is 4.98 Å². The van der Waals surface area contributed by atoms with E-state index >= 15 is 0 Å². The summed E-state index contributed by atoms with van der Waals surface area (Å²) >= 11 is 0. The molecule has 0 aromatic carbocycles. The number of pyridine rings is 1. The Labute approximate surface area is 116 Å². The SMILES string of the molecule is CCC(C)(CO)CNc1ccc(OCC(F)(F)F)nc1. The van der Waals surface area contributed by atoms with E-state index in [0.29, 0.717) is 12.2 Å². The Morgan fingerprint density at radius 1 is 1.35 bits per heavy atom. The van der Waals surface area contributed by atoms with Crippen molar-refractivity contribution in [3.05, 3.63) is 18.3 Å². The summed E-state index contributed by atoms with van der Waals surface area (Å²) in [6.45, 7) is 3.16. The summed E-state index contributed by atoms with van der Waals surface area (Å²) in [4.78, 5) is 3.79.